The van der Waals surface area contributed by atoms with Gasteiger partial charge in [0, 0.05) is 30.3 Å². The second-order valence-electron chi connectivity index (χ2n) is 6.30. The molecule has 2 aliphatic rings. The van der Waals surface area contributed by atoms with Crippen molar-refractivity contribution in [2.24, 2.45) is 0 Å². The summed E-state index contributed by atoms with van der Waals surface area (Å²) in [5.74, 6) is -0.294. The zero-order valence-corrected chi connectivity index (χ0v) is 13.8. The second-order valence-corrected chi connectivity index (χ2v) is 8.53. The average molecular weight is 336 g/mol. The third kappa shape index (κ3) is 3.72. The Kier molecular flexibility index (Phi) is 4.14. The molecule has 1 saturated carbocycles. The number of nitrogens with one attached hydrogen (secondary N) is 1. The number of amides is 2. The third-order valence-electron chi connectivity index (χ3n) is 4.36. The van der Waals surface area contributed by atoms with Gasteiger partial charge in [0.2, 0.25) is 0 Å². The molecule has 1 aliphatic carbocycles. The van der Waals surface area contributed by atoms with Crippen molar-refractivity contribution >= 4 is 21.7 Å². The van der Waals surface area contributed by atoms with Crippen LogP contribution in [-0.4, -0.2) is 55.8 Å². The standard InChI is InChI=1S/C16H20N2O4S/c1-18(14-7-8-23(21,22)10-14)16(20)12-4-2-3-11(9-12)15(19)17-13-5-6-13/h2-4,9,13-14H,5-8,10H2,1H3,(H,17,19). The Morgan fingerprint density at radius 2 is 1.87 bits per heavy atom. The van der Waals surface area contributed by atoms with Crippen molar-refractivity contribution in [3.05, 3.63) is 35.4 Å². The van der Waals surface area contributed by atoms with Gasteiger partial charge in [-0.1, -0.05) is 6.07 Å². The van der Waals surface area contributed by atoms with Gasteiger partial charge in [-0.25, -0.2) is 8.42 Å². The molecular formula is C16H20N2O4S. The molecule has 0 bridgehead atoms. The quantitative estimate of drug-likeness (QED) is 0.883. The van der Waals surface area contributed by atoms with E-state index in [9.17, 15) is 18.0 Å². The highest BCUT2D eigenvalue weighted by atomic mass is 32.2. The normalized spacial score (nSPS) is 22.6. The van der Waals surface area contributed by atoms with E-state index in [1.54, 1.807) is 31.3 Å². The van der Waals surface area contributed by atoms with Crippen LogP contribution in [-0.2, 0) is 9.84 Å². The summed E-state index contributed by atoms with van der Waals surface area (Å²) in [5.41, 5.74) is 0.857. The van der Waals surface area contributed by atoms with Crippen molar-refractivity contribution in [1.29, 1.82) is 0 Å². The van der Waals surface area contributed by atoms with E-state index >= 15 is 0 Å². The maximum atomic E-state index is 12.6. The summed E-state index contributed by atoms with van der Waals surface area (Å²) in [7, 11) is -1.43. The van der Waals surface area contributed by atoms with Gasteiger partial charge in [-0.05, 0) is 37.5 Å². The molecule has 1 aromatic carbocycles. The first kappa shape index (κ1) is 16.0. The number of carbonyl (C=O) groups is 2. The maximum absolute atomic E-state index is 12.6. The molecule has 6 nitrogen and oxygen atoms in total. The number of nitrogens with zero attached hydrogens (tertiary/aromatic N) is 1. The van der Waals surface area contributed by atoms with Gasteiger partial charge in [-0.2, -0.15) is 0 Å². The van der Waals surface area contributed by atoms with Crippen LogP contribution in [0.2, 0.25) is 0 Å². The Balaban J connectivity index is 1.72. The molecule has 0 aromatic heterocycles. The maximum Gasteiger partial charge on any atom is 0.253 e. The number of rotatable bonds is 4. The van der Waals surface area contributed by atoms with E-state index in [4.69, 9.17) is 0 Å². The smallest absolute Gasteiger partial charge is 0.253 e. The highest BCUT2D eigenvalue weighted by Gasteiger charge is 2.33. The van der Waals surface area contributed by atoms with Crippen molar-refractivity contribution in [2.45, 2.75) is 31.3 Å². The molecule has 1 heterocycles. The molecule has 1 unspecified atom stereocenters. The van der Waals surface area contributed by atoms with Gasteiger partial charge in [0.1, 0.15) is 0 Å². The van der Waals surface area contributed by atoms with Gasteiger partial charge in [0.05, 0.1) is 11.5 Å². The van der Waals surface area contributed by atoms with E-state index in [0.29, 0.717) is 17.5 Å². The lowest BCUT2D eigenvalue weighted by Crippen LogP contribution is -2.38. The third-order valence-corrected chi connectivity index (χ3v) is 6.11. The van der Waals surface area contributed by atoms with Gasteiger partial charge in [-0.3, -0.25) is 9.59 Å². The van der Waals surface area contributed by atoms with Crippen LogP contribution in [0.15, 0.2) is 24.3 Å². The highest BCUT2D eigenvalue weighted by Crippen LogP contribution is 2.21. The van der Waals surface area contributed by atoms with E-state index < -0.39 is 9.84 Å². The predicted octanol–water partition coefficient (Wildman–Crippen LogP) is 0.838. The Bertz CT molecular complexity index is 740. The molecule has 124 valence electrons. The number of sulfone groups is 1. The summed E-state index contributed by atoms with van der Waals surface area (Å²) < 4.78 is 23.1. The molecule has 0 spiro atoms. The van der Waals surface area contributed by atoms with Crippen molar-refractivity contribution in [1.82, 2.24) is 10.2 Å². The van der Waals surface area contributed by atoms with Crippen LogP contribution in [0.3, 0.4) is 0 Å². The van der Waals surface area contributed by atoms with Crippen molar-refractivity contribution in [3.63, 3.8) is 0 Å². The van der Waals surface area contributed by atoms with E-state index in [-0.39, 0.29) is 35.4 Å². The zero-order chi connectivity index (χ0) is 16.6. The van der Waals surface area contributed by atoms with Gasteiger partial charge in [0.25, 0.3) is 11.8 Å². The fourth-order valence-electron chi connectivity index (χ4n) is 2.74. The van der Waals surface area contributed by atoms with Gasteiger partial charge in [-0.15, -0.1) is 0 Å². The minimum absolute atomic E-state index is 0.0110. The number of carbonyl (C=O) groups excluding carboxylic acids is 2. The van der Waals surface area contributed by atoms with Gasteiger partial charge < -0.3 is 10.2 Å². The van der Waals surface area contributed by atoms with Gasteiger partial charge >= 0.3 is 0 Å². The van der Waals surface area contributed by atoms with Crippen molar-refractivity contribution in [3.8, 4) is 0 Å². The Labute approximate surface area is 135 Å². The van der Waals surface area contributed by atoms with Crippen LogP contribution in [0, 0.1) is 0 Å². The molecule has 2 amide bonds. The van der Waals surface area contributed by atoms with Crippen LogP contribution in [0.4, 0.5) is 0 Å². The summed E-state index contributed by atoms with van der Waals surface area (Å²) in [5, 5.41) is 2.89. The van der Waals surface area contributed by atoms with Crippen LogP contribution >= 0.6 is 0 Å². The molecular weight excluding hydrogens is 316 g/mol. The fraction of sp³-hybridized carbons (Fsp3) is 0.500. The topological polar surface area (TPSA) is 83.6 Å². The monoisotopic (exact) mass is 336 g/mol. The molecule has 1 aliphatic heterocycles. The zero-order valence-electron chi connectivity index (χ0n) is 13.0. The lowest BCUT2D eigenvalue weighted by molar-refractivity contribution is 0.0747. The molecule has 2 fully saturated rings. The minimum atomic E-state index is -3.04. The first-order chi connectivity index (χ1) is 10.9. The molecule has 1 aromatic rings. The summed E-state index contributed by atoms with van der Waals surface area (Å²) in [6, 6.07) is 6.53. The second kappa shape index (κ2) is 5.96. The van der Waals surface area contributed by atoms with E-state index in [1.165, 1.54) is 4.90 Å². The summed E-state index contributed by atoms with van der Waals surface area (Å²) >= 11 is 0. The summed E-state index contributed by atoms with van der Waals surface area (Å²) in [6.45, 7) is 0. The van der Waals surface area contributed by atoms with Crippen molar-refractivity contribution in [2.75, 3.05) is 18.6 Å². The SMILES string of the molecule is CN(C(=O)c1cccc(C(=O)NC2CC2)c1)C1CCS(=O)(=O)C1. The predicted molar refractivity (Wildman–Crippen MR) is 86.1 cm³/mol. The summed E-state index contributed by atoms with van der Waals surface area (Å²) in [6.07, 6.45) is 2.47. The number of hydrogen-bond acceptors (Lipinski definition) is 4. The highest BCUT2D eigenvalue weighted by molar-refractivity contribution is 7.91. The lowest BCUT2D eigenvalue weighted by Gasteiger charge is -2.23. The van der Waals surface area contributed by atoms with E-state index in [2.05, 4.69) is 5.32 Å². The first-order valence-corrected chi connectivity index (χ1v) is 9.56. The van der Waals surface area contributed by atoms with Gasteiger partial charge in [0.15, 0.2) is 9.84 Å². The lowest BCUT2D eigenvalue weighted by atomic mass is 10.1. The Morgan fingerprint density at radius 3 is 2.48 bits per heavy atom. The van der Waals surface area contributed by atoms with Crippen LogP contribution in [0.5, 0.6) is 0 Å². The molecule has 23 heavy (non-hydrogen) atoms. The minimum Gasteiger partial charge on any atom is -0.349 e. The molecule has 1 saturated heterocycles. The molecule has 1 N–H and O–H groups in total. The number of benzene rings is 1. The largest absolute Gasteiger partial charge is 0.349 e. The summed E-state index contributed by atoms with van der Waals surface area (Å²) in [4.78, 5) is 26.1. The van der Waals surface area contributed by atoms with Crippen molar-refractivity contribution < 1.29 is 18.0 Å². The Morgan fingerprint density at radius 1 is 1.17 bits per heavy atom. The average Bonchev–Trinajstić information content (AvgIpc) is 3.26. The molecule has 3 rings (SSSR count). The first-order valence-electron chi connectivity index (χ1n) is 7.74. The van der Waals surface area contributed by atoms with Crippen LogP contribution in [0.1, 0.15) is 40.0 Å². The molecule has 0 radical (unpaired) electrons. The Hall–Kier alpha value is -1.89. The van der Waals surface area contributed by atoms with E-state index in [1.807, 2.05) is 0 Å². The van der Waals surface area contributed by atoms with Crippen LogP contribution in [0.25, 0.3) is 0 Å². The van der Waals surface area contributed by atoms with Crippen LogP contribution < -0.4 is 5.32 Å². The van der Waals surface area contributed by atoms with E-state index in [0.717, 1.165) is 12.8 Å². The fourth-order valence-corrected chi connectivity index (χ4v) is 4.51. The number of hydrogen-bond donors (Lipinski definition) is 1. The molecule has 1 atom stereocenters. The molecule has 7 heteroatoms.